The zero-order valence-corrected chi connectivity index (χ0v) is 15.1. The van der Waals surface area contributed by atoms with Crippen molar-refractivity contribution < 1.29 is 9.47 Å². The van der Waals surface area contributed by atoms with Crippen molar-refractivity contribution in [2.75, 3.05) is 39.5 Å². The van der Waals surface area contributed by atoms with Gasteiger partial charge in [-0.2, -0.15) is 0 Å². The molecule has 0 atom stereocenters. The quantitative estimate of drug-likeness (QED) is 0.429. The van der Waals surface area contributed by atoms with Crippen molar-refractivity contribution in [2.45, 2.75) is 39.8 Å². The third-order valence-electron chi connectivity index (χ3n) is 3.99. The fraction of sp³-hybridized carbons (Fsp3) is 0.632. The van der Waals surface area contributed by atoms with E-state index in [1.807, 2.05) is 6.92 Å². The van der Waals surface area contributed by atoms with Gasteiger partial charge < -0.3 is 19.7 Å². The van der Waals surface area contributed by atoms with Crippen LogP contribution in [0.25, 0.3) is 0 Å². The van der Waals surface area contributed by atoms with Crippen LogP contribution in [0.1, 0.15) is 37.8 Å². The first-order valence-electron chi connectivity index (χ1n) is 9.10. The van der Waals surface area contributed by atoms with Crippen LogP contribution < -0.4 is 5.32 Å². The second kappa shape index (κ2) is 11.0. The molecule has 134 valence electrons. The fourth-order valence-electron chi connectivity index (χ4n) is 2.79. The Morgan fingerprint density at radius 3 is 2.62 bits per heavy atom. The molecule has 1 fully saturated rings. The first-order valence-corrected chi connectivity index (χ1v) is 9.10. The summed E-state index contributed by atoms with van der Waals surface area (Å²) in [5, 5.41) is 3.40. The van der Waals surface area contributed by atoms with Crippen LogP contribution in [0.2, 0.25) is 0 Å². The summed E-state index contributed by atoms with van der Waals surface area (Å²) in [6.07, 6.45) is 2.53. The summed E-state index contributed by atoms with van der Waals surface area (Å²) < 4.78 is 10.9. The minimum Gasteiger partial charge on any atom is -0.379 e. The lowest BCUT2D eigenvalue weighted by Crippen LogP contribution is -2.39. The molecule has 1 N–H and O–H groups in total. The molecule has 2 rings (SSSR count). The second-order valence-corrected chi connectivity index (χ2v) is 5.93. The van der Waals surface area contributed by atoms with Gasteiger partial charge >= 0.3 is 0 Å². The van der Waals surface area contributed by atoms with Crippen LogP contribution in [0, 0.1) is 0 Å². The summed E-state index contributed by atoms with van der Waals surface area (Å²) >= 11 is 0. The number of nitrogens with zero attached hydrogens (tertiary/aromatic N) is 2. The molecular formula is C19H31N3O2. The van der Waals surface area contributed by atoms with Gasteiger partial charge in [-0.1, -0.05) is 24.3 Å². The largest absolute Gasteiger partial charge is 0.379 e. The molecule has 1 aliphatic heterocycles. The SMILES string of the molecule is CCNC(=NCc1cccc(COCCOCC)c1)N1CCCC1. The number of likely N-dealkylation sites (tertiary alicyclic amines) is 1. The molecule has 0 radical (unpaired) electrons. The van der Waals surface area contributed by atoms with E-state index in [9.17, 15) is 0 Å². The van der Waals surface area contributed by atoms with Gasteiger partial charge in [-0.3, -0.25) is 0 Å². The molecule has 1 saturated heterocycles. The van der Waals surface area contributed by atoms with Crippen LogP contribution >= 0.6 is 0 Å². The van der Waals surface area contributed by atoms with Crippen molar-refractivity contribution in [2.24, 2.45) is 4.99 Å². The van der Waals surface area contributed by atoms with Crippen LogP contribution in [0.3, 0.4) is 0 Å². The first kappa shape index (κ1) is 18.7. The van der Waals surface area contributed by atoms with Gasteiger partial charge in [0.25, 0.3) is 0 Å². The molecule has 0 saturated carbocycles. The summed E-state index contributed by atoms with van der Waals surface area (Å²) in [5.74, 6) is 1.04. The highest BCUT2D eigenvalue weighted by atomic mass is 16.5. The second-order valence-electron chi connectivity index (χ2n) is 5.93. The Kier molecular flexibility index (Phi) is 8.63. The molecule has 0 unspecified atom stereocenters. The molecule has 1 heterocycles. The van der Waals surface area contributed by atoms with Crippen molar-refractivity contribution in [1.29, 1.82) is 0 Å². The standard InChI is InChI=1S/C19H31N3O2/c1-3-20-19(22-10-5-6-11-22)21-15-17-8-7-9-18(14-17)16-24-13-12-23-4-2/h7-9,14H,3-6,10-13,15-16H2,1-2H3,(H,20,21). The highest BCUT2D eigenvalue weighted by Gasteiger charge is 2.15. The number of ether oxygens (including phenoxy) is 2. The van der Waals surface area contributed by atoms with Crippen LogP contribution in [-0.4, -0.2) is 50.3 Å². The summed E-state index contributed by atoms with van der Waals surface area (Å²) in [5.41, 5.74) is 2.40. The van der Waals surface area contributed by atoms with Crippen LogP contribution in [0.5, 0.6) is 0 Å². The lowest BCUT2D eigenvalue weighted by molar-refractivity contribution is 0.0453. The molecule has 5 heteroatoms. The Balaban J connectivity index is 1.86. The molecular weight excluding hydrogens is 302 g/mol. The number of guanidine groups is 1. The normalized spacial score (nSPS) is 15.1. The predicted molar refractivity (Wildman–Crippen MR) is 98.2 cm³/mol. The van der Waals surface area contributed by atoms with Crippen molar-refractivity contribution in [3.05, 3.63) is 35.4 Å². The number of aliphatic imine (C=N–C) groups is 1. The number of nitrogens with one attached hydrogen (secondary N) is 1. The van der Waals surface area contributed by atoms with Gasteiger partial charge in [0.1, 0.15) is 0 Å². The van der Waals surface area contributed by atoms with Crippen molar-refractivity contribution >= 4 is 5.96 Å². The highest BCUT2D eigenvalue weighted by molar-refractivity contribution is 5.80. The summed E-state index contributed by atoms with van der Waals surface area (Å²) in [4.78, 5) is 7.15. The monoisotopic (exact) mass is 333 g/mol. The Morgan fingerprint density at radius 1 is 1.12 bits per heavy atom. The van der Waals surface area contributed by atoms with Gasteiger partial charge in [0, 0.05) is 26.2 Å². The molecule has 1 aromatic carbocycles. The van der Waals surface area contributed by atoms with Gasteiger partial charge in [0.15, 0.2) is 5.96 Å². The third-order valence-corrected chi connectivity index (χ3v) is 3.99. The lowest BCUT2D eigenvalue weighted by atomic mass is 10.1. The highest BCUT2D eigenvalue weighted by Crippen LogP contribution is 2.11. The van der Waals surface area contributed by atoms with Gasteiger partial charge in [0.05, 0.1) is 26.4 Å². The topological polar surface area (TPSA) is 46.1 Å². The van der Waals surface area contributed by atoms with E-state index >= 15 is 0 Å². The molecule has 1 aliphatic rings. The van der Waals surface area contributed by atoms with E-state index in [-0.39, 0.29) is 0 Å². The maximum atomic E-state index is 5.64. The third kappa shape index (κ3) is 6.49. The van der Waals surface area contributed by atoms with Crippen molar-refractivity contribution in [1.82, 2.24) is 10.2 Å². The molecule has 0 aliphatic carbocycles. The van der Waals surface area contributed by atoms with Crippen LogP contribution in [0.4, 0.5) is 0 Å². The Bertz CT molecular complexity index is 499. The van der Waals surface area contributed by atoms with E-state index < -0.39 is 0 Å². The molecule has 0 bridgehead atoms. The van der Waals surface area contributed by atoms with Gasteiger partial charge in [0.2, 0.25) is 0 Å². The van der Waals surface area contributed by atoms with Gasteiger partial charge in [-0.15, -0.1) is 0 Å². The van der Waals surface area contributed by atoms with Crippen LogP contribution in [0.15, 0.2) is 29.3 Å². The van der Waals surface area contributed by atoms with E-state index in [2.05, 4.69) is 41.4 Å². The number of hydrogen-bond acceptors (Lipinski definition) is 3. The zero-order chi connectivity index (χ0) is 17.0. The van der Waals surface area contributed by atoms with Crippen molar-refractivity contribution in [3.8, 4) is 0 Å². The maximum absolute atomic E-state index is 5.64. The number of hydrogen-bond donors (Lipinski definition) is 1. The van der Waals surface area contributed by atoms with E-state index in [0.29, 0.717) is 26.4 Å². The predicted octanol–water partition coefficient (Wildman–Crippen LogP) is 2.80. The van der Waals surface area contributed by atoms with E-state index in [1.54, 1.807) is 0 Å². The molecule has 1 aromatic rings. The van der Waals surface area contributed by atoms with Gasteiger partial charge in [-0.05, 0) is 37.8 Å². The van der Waals surface area contributed by atoms with E-state index in [4.69, 9.17) is 14.5 Å². The fourth-order valence-corrected chi connectivity index (χ4v) is 2.79. The summed E-state index contributed by atoms with van der Waals surface area (Å²) in [6.45, 7) is 10.6. The Morgan fingerprint density at radius 2 is 1.88 bits per heavy atom. The van der Waals surface area contributed by atoms with Gasteiger partial charge in [-0.25, -0.2) is 4.99 Å². The first-order chi connectivity index (χ1) is 11.8. The van der Waals surface area contributed by atoms with Crippen molar-refractivity contribution in [3.63, 3.8) is 0 Å². The van der Waals surface area contributed by atoms with Crippen LogP contribution in [-0.2, 0) is 22.6 Å². The Hall–Kier alpha value is -1.59. The lowest BCUT2D eigenvalue weighted by Gasteiger charge is -2.20. The minimum absolute atomic E-state index is 0.622. The maximum Gasteiger partial charge on any atom is 0.194 e. The number of benzene rings is 1. The summed E-state index contributed by atoms with van der Waals surface area (Å²) in [7, 11) is 0. The Labute approximate surface area is 146 Å². The van der Waals surface area contributed by atoms with E-state index in [1.165, 1.54) is 24.0 Å². The minimum atomic E-state index is 0.622. The molecule has 0 amide bonds. The molecule has 5 nitrogen and oxygen atoms in total. The molecule has 0 aromatic heterocycles. The average molecular weight is 333 g/mol. The smallest absolute Gasteiger partial charge is 0.194 e. The molecule has 0 spiro atoms. The average Bonchev–Trinajstić information content (AvgIpc) is 3.13. The number of rotatable bonds is 9. The molecule has 24 heavy (non-hydrogen) atoms. The zero-order valence-electron chi connectivity index (χ0n) is 15.1. The van der Waals surface area contributed by atoms with E-state index in [0.717, 1.165) is 32.2 Å². The summed E-state index contributed by atoms with van der Waals surface area (Å²) in [6, 6.07) is 8.48.